The van der Waals surface area contributed by atoms with E-state index in [1.165, 1.54) is 19.3 Å². The van der Waals surface area contributed by atoms with E-state index >= 15 is 0 Å². The van der Waals surface area contributed by atoms with Crippen molar-refractivity contribution < 1.29 is 4.79 Å². The van der Waals surface area contributed by atoms with E-state index in [9.17, 15) is 4.79 Å². The second-order valence-electron chi connectivity index (χ2n) is 6.74. The number of piperidine rings is 1. The summed E-state index contributed by atoms with van der Waals surface area (Å²) in [7, 11) is 0. The molecule has 4 rings (SSSR count). The van der Waals surface area contributed by atoms with Gasteiger partial charge in [0.1, 0.15) is 0 Å². The summed E-state index contributed by atoms with van der Waals surface area (Å²) < 4.78 is 0. The van der Waals surface area contributed by atoms with Crippen molar-refractivity contribution in [2.75, 3.05) is 19.6 Å². The summed E-state index contributed by atoms with van der Waals surface area (Å²) in [5, 5.41) is -0.169. The molecule has 1 aliphatic carbocycles. The number of likely N-dealkylation sites (tertiary alicyclic amines) is 1. The number of aliphatic imine (C=N–C) groups is 1. The molecule has 0 bridgehead atoms. The van der Waals surface area contributed by atoms with Gasteiger partial charge in [-0.2, -0.15) is 0 Å². The fraction of sp³-hybridized carbons (Fsp3) is 0.333. The van der Waals surface area contributed by atoms with Crippen LogP contribution >= 0.6 is 11.6 Å². The van der Waals surface area contributed by atoms with E-state index in [4.69, 9.17) is 11.6 Å². The summed E-state index contributed by atoms with van der Waals surface area (Å²) in [6.45, 7) is 2.76. The number of fused-ring (bicyclic) bond motifs is 1. The number of carbonyl (C=O) groups excluding carboxylic acids is 1. The van der Waals surface area contributed by atoms with Crippen LogP contribution in [0.15, 0.2) is 64.7 Å². The molecule has 0 aromatic heterocycles. The number of hydrogen-bond acceptors (Lipinski definition) is 2. The molecular formula is C21H21ClN2O. The molecule has 0 radical (unpaired) electrons. The van der Waals surface area contributed by atoms with Crippen LogP contribution in [0.2, 0.25) is 0 Å². The monoisotopic (exact) mass is 352 g/mol. The number of alkyl halides is 1. The molecule has 2 heterocycles. The lowest BCUT2D eigenvalue weighted by Gasteiger charge is -2.30. The predicted molar refractivity (Wildman–Crippen MR) is 103 cm³/mol. The van der Waals surface area contributed by atoms with Crippen molar-refractivity contribution in [1.29, 1.82) is 0 Å². The van der Waals surface area contributed by atoms with Crippen molar-refractivity contribution in [2.24, 2.45) is 4.99 Å². The Morgan fingerprint density at radius 2 is 1.88 bits per heavy atom. The molecule has 1 aromatic rings. The highest BCUT2D eigenvalue weighted by atomic mass is 35.5. The van der Waals surface area contributed by atoms with Gasteiger partial charge in [-0.1, -0.05) is 48.9 Å². The smallest absolute Gasteiger partial charge is 0.275 e. The minimum absolute atomic E-state index is 0.116. The van der Waals surface area contributed by atoms with Crippen molar-refractivity contribution in [2.45, 2.75) is 24.6 Å². The molecule has 4 heteroatoms. The fourth-order valence-electron chi connectivity index (χ4n) is 3.75. The molecule has 1 fully saturated rings. The second kappa shape index (κ2) is 7.11. The second-order valence-corrected chi connectivity index (χ2v) is 7.25. The number of halogens is 1. The van der Waals surface area contributed by atoms with Gasteiger partial charge in [0, 0.05) is 23.3 Å². The lowest BCUT2D eigenvalue weighted by Crippen LogP contribution is -2.34. The van der Waals surface area contributed by atoms with Gasteiger partial charge in [-0.05, 0) is 37.6 Å². The van der Waals surface area contributed by atoms with E-state index < -0.39 is 0 Å². The van der Waals surface area contributed by atoms with Gasteiger partial charge >= 0.3 is 0 Å². The molecule has 1 aromatic carbocycles. The topological polar surface area (TPSA) is 32.7 Å². The molecular weight excluding hydrogens is 332 g/mol. The highest BCUT2D eigenvalue weighted by Crippen LogP contribution is 2.35. The average molecular weight is 353 g/mol. The Morgan fingerprint density at radius 1 is 1.12 bits per heavy atom. The lowest BCUT2D eigenvalue weighted by atomic mass is 9.84. The quantitative estimate of drug-likeness (QED) is 0.770. The molecule has 0 saturated carbocycles. The van der Waals surface area contributed by atoms with Gasteiger partial charge in [-0.15, -0.1) is 11.6 Å². The number of amides is 1. The highest BCUT2D eigenvalue weighted by Gasteiger charge is 2.30. The van der Waals surface area contributed by atoms with Gasteiger partial charge in [-0.25, -0.2) is 4.99 Å². The van der Waals surface area contributed by atoms with Gasteiger partial charge in [0.05, 0.1) is 11.1 Å². The van der Waals surface area contributed by atoms with Crippen LogP contribution in [0.1, 0.15) is 24.8 Å². The van der Waals surface area contributed by atoms with Crippen LogP contribution < -0.4 is 0 Å². The maximum atomic E-state index is 12.8. The summed E-state index contributed by atoms with van der Waals surface area (Å²) in [5.74, 6) is -0.116. The zero-order valence-corrected chi connectivity index (χ0v) is 14.9. The maximum absolute atomic E-state index is 12.8. The average Bonchev–Trinajstić information content (AvgIpc) is 2.64. The van der Waals surface area contributed by atoms with Crippen molar-refractivity contribution in [3.8, 4) is 0 Å². The molecule has 3 nitrogen and oxygen atoms in total. The molecule has 1 amide bonds. The van der Waals surface area contributed by atoms with Crippen LogP contribution in [0.25, 0.3) is 5.57 Å². The molecule has 128 valence electrons. The van der Waals surface area contributed by atoms with Crippen LogP contribution in [-0.4, -0.2) is 41.5 Å². The summed E-state index contributed by atoms with van der Waals surface area (Å²) in [4.78, 5) is 19.5. The molecule has 0 N–H and O–H groups in total. The van der Waals surface area contributed by atoms with Crippen molar-refractivity contribution in [1.82, 2.24) is 4.90 Å². The Bertz CT molecular complexity index is 798. The number of allylic oxidation sites excluding steroid dienone is 5. The first-order chi connectivity index (χ1) is 12.2. The number of benzene rings is 1. The fourth-order valence-corrected chi connectivity index (χ4v) is 3.95. The lowest BCUT2D eigenvalue weighted by molar-refractivity contribution is -0.114. The minimum atomic E-state index is -0.169. The first-order valence-corrected chi connectivity index (χ1v) is 9.35. The third-order valence-electron chi connectivity index (χ3n) is 4.98. The zero-order valence-electron chi connectivity index (χ0n) is 14.1. The molecule has 1 atom stereocenters. The predicted octanol–water partition coefficient (Wildman–Crippen LogP) is 4.01. The van der Waals surface area contributed by atoms with Gasteiger partial charge in [0.15, 0.2) is 0 Å². The van der Waals surface area contributed by atoms with E-state index in [2.05, 4.69) is 22.0 Å². The Morgan fingerprint density at radius 3 is 2.64 bits per heavy atom. The zero-order chi connectivity index (χ0) is 17.2. The Balaban J connectivity index is 1.80. The Hall–Kier alpha value is -1.97. The highest BCUT2D eigenvalue weighted by molar-refractivity contribution is 6.32. The first-order valence-electron chi connectivity index (χ1n) is 8.91. The van der Waals surface area contributed by atoms with Crippen LogP contribution in [0.5, 0.6) is 0 Å². The third-order valence-corrected chi connectivity index (χ3v) is 5.26. The molecule has 0 spiro atoms. The maximum Gasteiger partial charge on any atom is 0.275 e. The van der Waals surface area contributed by atoms with Crippen LogP contribution in [0.4, 0.5) is 0 Å². The van der Waals surface area contributed by atoms with Crippen molar-refractivity contribution in [3.05, 3.63) is 65.3 Å². The summed E-state index contributed by atoms with van der Waals surface area (Å²) in [5.41, 5.74) is 4.56. The van der Waals surface area contributed by atoms with E-state index in [1.807, 2.05) is 36.4 Å². The Labute approximate surface area is 153 Å². The molecule has 2 aliphatic heterocycles. The van der Waals surface area contributed by atoms with E-state index in [-0.39, 0.29) is 11.3 Å². The standard InChI is InChI=1S/C21H21ClN2O/c22-16-9-10-19-17(13-16)20(15-7-3-1-4-8-15)18(21(25)23-19)14-24-11-5-2-6-12-24/h1,3-4,7-10,13,16H,2,5-6,11-12,14H2. The van der Waals surface area contributed by atoms with E-state index in [0.717, 1.165) is 41.1 Å². The van der Waals surface area contributed by atoms with Crippen LogP contribution in [0.3, 0.4) is 0 Å². The number of hydrogen-bond donors (Lipinski definition) is 0. The number of nitrogens with zero attached hydrogens (tertiary/aromatic N) is 2. The summed E-state index contributed by atoms with van der Waals surface area (Å²) in [6, 6.07) is 10.1. The van der Waals surface area contributed by atoms with Crippen molar-refractivity contribution in [3.63, 3.8) is 0 Å². The summed E-state index contributed by atoms with van der Waals surface area (Å²) in [6.07, 6.45) is 9.42. The number of dihydropyridines is 1. The van der Waals surface area contributed by atoms with E-state index in [1.54, 1.807) is 0 Å². The van der Waals surface area contributed by atoms with Crippen molar-refractivity contribution >= 4 is 28.8 Å². The molecule has 1 saturated heterocycles. The molecule has 1 unspecified atom stereocenters. The SMILES string of the molecule is O=C1N=C2C=CC(Cl)C=C2C(c2ccccc2)=C1CN1CCCCC1. The molecule has 25 heavy (non-hydrogen) atoms. The molecule has 3 aliphatic rings. The first kappa shape index (κ1) is 16.5. The van der Waals surface area contributed by atoms with Gasteiger partial charge in [0.25, 0.3) is 5.91 Å². The van der Waals surface area contributed by atoms with Crippen LogP contribution in [-0.2, 0) is 4.79 Å². The summed E-state index contributed by atoms with van der Waals surface area (Å²) >= 11 is 6.33. The number of rotatable bonds is 3. The Kier molecular flexibility index (Phi) is 4.69. The normalized spacial score (nSPS) is 24.0. The van der Waals surface area contributed by atoms with E-state index in [0.29, 0.717) is 6.54 Å². The number of carbonyl (C=O) groups is 1. The van der Waals surface area contributed by atoms with Gasteiger partial charge in [0.2, 0.25) is 0 Å². The van der Waals surface area contributed by atoms with Gasteiger partial charge in [-0.3, -0.25) is 9.69 Å². The minimum Gasteiger partial charge on any atom is -0.299 e. The van der Waals surface area contributed by atoms with Crippen LogP contribution in [0, 0.1) is 0 Å². The van der Waals surface area contributed by atoms with Gasteiger partial charge < -0.3 is 0 Å². The third kappa shape index (κ3) is 3.39. The largest absolute Gasteiger partial charge is 0.299 e.